The molecule has 0 fully saturated rings. The predicted octanol–water partition coefficient (Wildman–Crippen LogP) is 3.93. The van der Waals surface area contributed by atoms with Gasteiger partial charge in [0.25, 0.3) is 0 Å². The molecule has 0 saturated carbocycles. The Kier molecular flexibility index (Phi) is 13.2. The Morgan fingerprint density at radius 2 is 1.38 bits per heavy atom. The maximum absolute atomic E-state index is 11.5. The Morgan fingerprint density at radius 1 is 0.857 bits per heavy atom. The molecule has 0 aromatic carbocycles. The molecule has 0 atom stereocenters. The summed E-state index contributed by atoms with van der Waals surface area (Å²) in [5.74, 6) is 0.0951. The van der Waals surface area contributed by atoms with Gasteiger partial charge in [0.15, 0.2) is 0 Å². The smallest absolute Gasteiger partial charge is 0.305 e. The van der Waals surface area contributed by atoms with Crippen molar-refractivity contribution in [3.8, 4) is 0 Å². The molecule has 4 nitrogen and oxygen atoms in total. The van der Waals surface area contributed by atoms with Crippen LogP contribution < -0.4 is 0 Å². The molecule has 124 valence electrons. The van der Waals surface area contributed by atoms with Crippen molar-refractivity contribution in [2.45, 2.75) is 78.1 Å². The van der Waals surface area contributed by atoms with Gasteiger partial charge in [0.05, 0.1) is 7.11 Å². The van der Waals surface area contributed by atoms with Gasteiger partial charge in [-0.1, -0.05) is 45.4 Å². The summed E-state index contributed by atoms with van der Waals surface area (Å²) in [6.07, 6.45) is 10.7. The average molecular weight is 299 g/mol. The molecule has 0 unspecified atom stereocenters. The molecule has 1 amide bonds. The second-order valence-corrected chi connectivity index (χ2v) is 5.66. The molecule has 0 N–H and O–H groups in total. The van der Waals surface area contributed by atoms with E-state index >= 15 is 0 Å². The van der Waals surface area contributed by atoms with Gasteiger partial charge in [-0.25, -0.2) is 0 Å². The van der Waals surface area contributed by atoms with Crippen LogP contribution in [0.25, 0.3) is 0 Å². The second kappa shape index (κ2) is 13.9. The highest BCUT2D eigenvalue weighted by molar-refractivity contribution is 5.73. The summed E-state index contributed by atoms with van der Waals surface area (Å²) in [5.41, 5.74) is 0. The first-order chi connectivity index (χ1) is 10.1. The van der Waals surface area contributed by atoms with E-state index in [4.69, 9.17) is 0 Å². The van der Waals surface area contributed by atoms with Crippen molar-refractivity contribution < 1.29 is 14.3 Å². The fraction of sp³-hybridized carbons (Fsp3) is 0.882. The molecule has 0 rings (SSSR count). The van der Waals surface area contributed by atoms with Crippen molar-refractivity contribution >= 4 is 11.9 Å². The van der Waals surface area contributed by atoms with Crippen molar-refractivity contribution in [2.75, 3.05) is 20.2 Å². The van der Waals surface area contributed by atoms with E-state index in [2.05, 4.69) is 11.7 Å². The van der Waals surface area contributed by atoms with Gasteiger partial charge in [-0.05, 0) is 19.3 Å². The van der Waals surface area contributed by atoms with Crippen LogP contribution in [0.15, 0.2) is 0 Å². The Bertz CT molecular complexity index is 279. The number of esters is 1. The molecule has 0 saturated heterocycles. The third-order valence-corrected chi connectivity index (χ3v) is 3.76. The van der Waals surface area contributed by atoms with Crippen LogP contribution in [0.4, 0.5) is 0 Å². The van der Waals surface area contributed by atoms with Gasteiger partial charge in [-0.15, -0.1) is 0 Å². The maximum Gasteiger partial charge on any atom is 0.305 e. The quantitative estimate of drug-likeness (QED) is 0.382. The van der Waals surface area contributed by atoms with Crippen LogP contribution in [0.1, 0.15) is 78.1 Å². The first kappa shape index (κ1) is 19.9. The monoisotopic (exact) mass is 299 g/mol. The van der Waals surface area contributed by atoms with Crippen LogP contribution >= 0.6 is 0 Å². The maximum atomic E-state index is 11.5. The van der Waals surface area contributed by atoms with E-state index in [9.17, 15) is 9.59 Å². The van der Waals surface area contributed by atoms with Crippen LogP contribution in [0, 0.1) is 0 Å². The van der Waals surface area contributed by atoms with E-state index in [0.29, 0.717) is 6.42 Å². The summed E-state index contributed by atoms with van der Waals surface area (Å²) in [6, 6.07) is 0. The number of methoxy groups -OCH3 is 1. The SMILES string of the molecule is CCCCN(CCCCCCCCCC(=O)OC)C(C)=O. The van der Waals surface area contributed by atoms with Gasteiger partial charge >= 0.3 is 5.97 Å². The first-order valence-electron chi connectivity index (χ1n) is 8.44. The fourth-order valence-corrected chi connectivity index (χ4v) is 2.33. The number of carbonyl (C=O) groups is 2. The highest BCUT2D eigenvalue weighted by Gasteiger charge is 2.06. The van der Waals surface area contributed by atoms with Gasteiger partial charge in [-0.2, -0.15) is 0 Å². The summed E-state index contributed by atoms with van der Waals surface area (Å²) in [6.45, 7) is 5.62. The Balaban J connectivity index is 3.41. The molecular weight excluding hydrogens is 266 g/mol. The van der Waals surface area contributed by atoms with Crippen LogP contribution in [0.5, 0.6) is 0 Å². The number of rotatable bonds is 13. The topological polar surface area (TPSA) is 46.6 Å². The summed E-state index contributed by atoms with van der Waals surface area (Å²) in [5, 5.41) is 0. The highest BCUT2D eigenvalue weighted by Crippen LogP contribution is 2.10. The van der Waals surface area contributed by atoms with Crippen molar-refractivity contribution in [1.29, 1.82) is 0 Å². The van der Waals surface area contributed by atoms with E-state index in [1.165, 1.54) is 32.8 Å². The zero-order chi connectivity index (χ0) is 15.9. The molecule has 0 aromatic heterocycles. The lowest BCUT2D eigenvalue weighted by atomic mass is 10.1. The Labute approximate surface area is 130 Å². The van der Waals surface area contributed by atoms with Crippen molar-refractivity contribution in [1.82, 2.24) is 4.90 Å². The zero-order valence-corrected chi connectivity index (χ0v) is 14.2. The lowest BCUT2D eigenvalue weighted by Crippen LogP contribution is -2.30. The van der Waals surface area contributed by atoms with Crippen LogP contribution in [0.3, 0.4) is 0 Å². The summed E-state index contributed by atoms with van der Waals surface area (Å²) >= 11 is 0. The Hall–Kier alpha value is -1.06. The number of hydrogen-bond acceptors (Lipinski definition) is 3. The lowest BCUT2D eigenvalue weighted by molar-refractivity contribution is -0.140. The minimum Gasteiger partial charge on any atom is -0.469 e. The summed E-state index contributed by atoms with van der Waals surface area (Å²) in [4.78, 5) is 24.4. The molecule has 0 bridgehead atoms. The summed E-state index contributed by atoms with van der Waals surface area (Å²) < 4.78 is 4.61. The number of unbranched alkanes of at least 4 members (excludes halogenated alkanes) is 7. The van der Waals surface area contributed by atoms with E-state index in [1.54, 1.807) is 6.92 Å². The standard InChI is InChI=1S/C17H33NO3/c1-4-5-14-18(16(2)19)15-12-10-8-6-7-9-11-13-17(20)21-3/h4-15H2,1-3H3. The van der Waals surface area contributed by atoms with Crippen LogP contribution in [0.2, 0.25) is 0 Å². The molecule has 0 aliphatic rings. The third-order valence-electron chi connectivity index (χ3n) is 3.76. The van der Waals surface area contributed by atoms with Crippen molar-refractivity contribution in [3.05, 3.63) is 0 Å². The van der Waals surface area contributed by atoms with E-state index in [0.717, 1.165) is 45.2 Å². The van der Waals surface area contributed by atoms with Gasteiger partial charge in [0.1, 0.15) is 0 Å². The van der Waals surface area contributed by atoms with Crippen molar-refractivity contribution in [2.24, 2.45) is 0 Å². The molecular formula is C17H33NO3. The third kappa shape index (κ3) is 12.4. The van der Waals surface area contributed by atoms with Gasteiger partial charge in [0.2, 0.25) is 5.91 Å². The summed E-state index contributed by atoms with van der Waals surface area (Å²) in [7, 11) is 1.44. The van der Waals surface area contributed by atoms with Gasteiger partial charge in [0, 0.05) is 26.4 Å². The van der Waals surface area contributed by atoms with Crippen LogP contribution in [-0.2, 0) is 14.3 Å². The Morgan fingerprint density at radius 3 is 1.90 bits per heavy atom. The van der Waals surface area contributed by atoms with Crippen LogP contribution in [-0.4, -0.2) is 37.0 Å². The number of nitrogens with zero attached hydrogens (tertiary/aromatic N) is 1. The van der Waals surface area contributed by atoms with Gasteiger partial charge < -0.3 is 9.64 Å². The number of ether oxygens (including phenoxy) is 1. The number of amides is 1. The van der Waals surface area contributed by atoms with Crippen molar-refractivity contribution in [3.63, 3.8) is 0 Å². The molecule has 0 radical (unpaired) electrons. The highest BCUT2D eigenvalue weighted by atomic mass is 16.5. The zero-order valence-electron chi connectivity index (χ0n) is 14.2. The fourth-order valence-electron chi connectivity index (χ4n) is 2.33. The molecule has 0 aliphatic heterocycles. The number of hydrogen-bond donors (Lipinski definition) is 0. The molecule has 0 aromatic rings. The minimum absolute atomic E-state index is 0.105. The molecule has 0 aliphatic carbocycles. The minimum atomic E-state index is -0.105. The van der Waals surface area contributed by atoms with E-state index in [1.807, 2.05) is 4.90 Å². The number of carbonyl (C=O) groups excluding carboxylic acids is 2. The molecule has 21 heavy (non-hydrogen) atoms. The molecule has 0 heterocycles. The largest absolute Gasteiger partial charge is 0.469 e. The second-order valence-electron chi connectivity index (χ2n) is 5.66. The predicted molar refractivity (Wildman–Crippen MR) is 86.1 cm³/mol. The van der Waals surface area contributed by atoms with Gasteiger partial charge in [-0.3, -0.25) is 9.59 Å². The first-order valence-corrected chi connectivity index (χ1v) is 8.44. The molecule has 4 heteroatoms. The van der Waals surface area contributed by atoms with E-state index in [-0.39, 0.29) is 11.9 Å². The lowest BCUT2D eigenvalue weighted by Gasteiger charge is -2.20. The van der Waals surface area contributed by atoms with E-state index < -0.39 is 0 Å². The normalized spacial score (nSPS) is 10.4. The average Bonchev–Trinajstić information content (AvgIpc) is 2.47. The molecule has 0 spiro atoms.